The van der Waals surface area contributed by atoms with Crippen molar-refractivity contribution in [3.8, 4) is 0 Å². The maximum Gasteiger partial charge on any atom is 0.327 e. The van der Waals surface area contributed by atoms with Crippen molar-refractivity contribution < 1.29 is 33.8 Å². The molecular formula is C24H15N3O9. The number of nitrogens with zero attached hydrogens (tertiary/aromatic N) is 3. The van der Waals surface area contributed by atoms with Gasteiger partial charge in [0.1, 0.15) is 12.1 Å². The number of fused-ring (bicyclic) bond motifs is 1. The van der Waals surface area contributed by atoms with Crippen LogP contribution in [0.25, 0.3) is 0 Å². The average molecular weight is 489 g/mol. The molecule has 36 heavy (non-hydrogen) atoms. The van der Waals surface area contributed by atoms with E-state index in [-0.39, 0.29) is 22.4 Å². The van der Waals surface area contributed by atoms with Crippen molar-refractivity contribution in [2.75, 3.05) is 6.54 Å². The van der Waals surface area contributed by atoms with E-state index in [1.807, 2.05) is 0 Å². The lowest BCUT2D eigenvalue weighted by molar-refractivity contribution is -0.385. The Hall–Kier alpha value is -5.26. The van der Waals surface area contributed by atoms with Crippen molar-refractivity contribution in [3.63, 3.8) is 0 Å². The van der Waals surface area contributed by atoms with E-state index >= 15 is 0 Å². The van der Waals surface area contributed by atoms with Crippen LogP contribution in [0.2, 0.25) is 0 Å². The van der Waals surface area contributed by atoms with Crippen LogP contribution in [0, 0.1) is 20.2 Å². The van der Waals surface area contributed by atoms with Gasteiger partial charge in [-0.25, -0.2) is 0 Å². The highest BCUT2D eigenvalue weighted by Crippen LogP contribution is 2.31. The topological polar surface area (TPSA) is 167 Å². The van der Waals surface area contributed by atoms with Crippen molar-refractivity contribution in [2.45, 2.75) is 6.10 Å². The molecule has 1 atom stereocenters. The summed E-state index contributed by atoms with van der Waals surface area (Å²) in [4.78, 5) is 72.6. The minimum Gasteiger partial charge on any atom is -0.448 e. The van der Waals surface area contributed by atoms with E-state index in [9.17, 15) is 39.4 Å². The van der Waals surface area contributed by atoms with Gasteiger partial charge in [0.25, 0.3) is 23.2 Å². The standard InChI is InChI=1S/C24H15N3O9/c28-19(13-25-23(30)17-7-4-8-18(27(34)35)20(17)24(25)31)36-22(21(29)14-5-2-1-3-6-14)15-9-11-16(12-10-15)26(32)33/h1-12,22H,13H2/t22-/m0/s1. The largest absolute Gasteiger partial charge is 0.448 e. The number of amides is 2. The number of Topliss-reactive ketones (excluding diaryl/α,β-unsaturated/α-hetero) is 1. The Balaban J connectivity index is 1.60. The van der Waals surface area contributed by atoms with Gasteiger partial charge in [-0.1, -0.05) is 36.4 Å². The number of ether oxygens (including phenoxy) is 1. The molecule has 4 rings (SSSR count). The number of carbonyl (C=O) groups excluding carboxylic acids is 4. The maximum absolute atomic E-state index is 13.1. The Bertz CT molecular complexity index is 1420. The summed E-state index contributed by atoms with van der Waals surface area (Å²) in [5.74, 6) is -3.74. The Morgan fingerprint density at radius 1 is 0.833 bits per heavy atom. The fourth-order valence-corrected chi connectivity index (χ4v) is 3.71. The number of imide groups is 1. The summed E-state index contributed by atoms with van der Waals surface area (Å²) in [5.41, 5.74) is -1.18. The maximum atomic E-state index is 13.1. The fourth-order valence-electron chi connectivity index (χ4n) is 3.71. The minimum absolute atomic E-state index is 0.126. The highest BCUT2D eigenvalue weighted by atomic mass is 16.6. The molecule has 0 aromatic heterocycles. The lowest BCUT2D eigenvalue weighted by Crippen LogP contribution is -2.36. The van der Waals surface area contributed by atoms with Crippen LogP contribution in [0.5, 0.6) is 0 Å². The molecule has 0 saturated carbocycles. The molecule has 180 valence electrons. The van der Waals surface area contributed by atoms with E-state index in [0.29, 0.717) is 4.90 Å². The molecule has 2 amide bonds. The second-order valence-electron chi connectivity index (χ2n) is 7.60. The molecule has 12 heteroatoms. The number of rotatable bonds is 8. The Morgan fingerprint density at radius 3 is 2.11 bits per heavy atom. The first-order chi connectivity index (χ1) is 17.2. The van der Waals surface area contributed by atoms with Crippen LogP contribution in [0.1, 0.15) is 42.7 Å². The van der Waals surface area contributed by atoms with E-state index < -0.39 is 57.3 Å². The zero-order valence-electron chi connectivity index (χ0n) is 18.2. The van der Waals surface area contributed by atoms with Gasteiger partial charge in [-0.2, -0.15) is 0 Å². The highest BCUT2D eigenvalue weighted by Gasteiger charge is 2.42. The lowest BCUT2D eigenvalue weighted by Gasteiger charge is -2.19. The summed E-state index contributed by atoms with van der Waals surface area (Å²) >= 11 is 0. The van der Waals surface area contributed by atoms with E-state index in [1.165, 1.54) is 36.4 Å². The Labute approximate surface area is 202 Å². The zero-order valence-corrected chi connectivity index (χ0v) is 18.2. The second-order valence-corrected chi connectivity index (χ2v) is 7.60. The summed E-state index contributed by atoms with van der Waals surface area (Å²) < 4.78 is 5.35. The second kappa shape index (κ2) is 9.54. The monoisotopic (exact) mass is 489 g/mol. The first-order valence-electron chi connectivity index (χ1n) is 10.4. The third-order valence-electron chi connectivity index (χ3n) is 5.41. The number of esters is 1. The third-order valence-corrected chi connectivity index (χ3v) is 5.41. The van der Waals surface area contributed by atoms with Gasteiger partial charge in [-0.05, 0) is 18.2 Å². The van der Waals surface area contributed by atoms with Crippen molar-refractivity contribution in [2.24, 2.45) is 0 Å². The van der Waals surface area contributed by atoms with Gasteiger partial charge >= 0.3 is 5.97 Å². The first kappa shape index (κ1) is 23.9. The molecule has 3 aromatic carbocycles. The van der Waals surface area contributed by atoms with Gasteiger partial charge in [0, 0.05) is 29.3 Å². The number of hydrogen-bond acceptors (Lipinski definition) is 9. The molecule has 0 N–H and O–H groups in total. The van der Waals surface area contributed by atoms with E-state index in [4.69, 9.17) is 4.74 Å². The number of hydrogen-bond donors (Lipinski definition) is 0. The number of nitro benzene ring substituents is 2. The number of carbonyl (C=O) groups is 4. The molecule has 0 aliphatic carbocycles. The summed E-state index contributed by atoms with van der Waals surface area (Å²) in [6, 6.07) is 16.1. The molecule has 3 aromatic rings. The van der Waals surface area contributed by atoms with E-state index in [0.717, 1.165) is 18.2 Å². The predicted molar refractivity (Wildman–Crippen MR) is 121 cm³/mol. The number of non-ortho nitro benzene ring substituents is 1. The van der Waals surface area contributed by atoms with Crippen LogP contribution < -0.4 is 0 Å². The fraction of sp³-hybridized carbons (Fsp3) is 0.0833. The van der Waals surface area contributed by atoms with Gasteiger partial charge in [0.2, 0.25) is 5.78 Å². The van der Waals surface area contributed by atoms with Crippen LogP contribution in [0.4, 0.5) is 11.4 Å². The lowest BCUT2D eigenvalue weighted by atomic mass is 9.99. The van der Waals surface area contributed by atoms with E-state index in [2.05, 4.69) is 0 Å². The number of nitro groups is 2. The molecule has 12 nitrogen and oxygen atoms in total. The third kappa shape index (κ3) is 4.42. The van der Waals surface area contributed by atoms with Crippen LogP contribution in [0.15, 0.2) is 72.8 Å². The van der Waals surface area contributed by atoms with Crippen molar-refractivity contribution in [1.82, 2.24) is 4.90 Å². The van der Waals surface area contributed by atoms with Crippen molar-refractivity contribution in [1.29, 1.82) is 0 Å². The van der Waals surface area contributed by atoms with Crippen molar-refractivity contribution >= 4 is 34.9 Å². The molecule has 1 aliphatic rings. The molecule has 0 saturated heterocycles. The van der Waals surface area contributed by atoms with Crippen LogP contribution in [-0.2, 0) is 9.53 Å². The van der Waals surface area contributed by atoms with Gasteiger partial charge < -0.3 is 4.74 Å². The molecular weight excluding hydrogens is 474 g/mol. The van der Waals surface area contributed by atoms with Crippen LogP contribution >= 0.6 is 0 Å². The zero-order chi connectivity index (χ0) is 26.0. The SMILES string of the molecule is O=C(CN1C(=O)c2cccc([N+](=O)[O-])c2C1=O)O[C@H](C(=O)c1ccccc1)c1ccc([N+](=O)[O-])cc1. The minimum atomic E-state index is -1.54. The molecule has 0 unspecified atom stereocenters. The van der Waals surface area contributed by atoms with Crippen molar-refractivity contribution in [3.05, 3.63) is 115 Å². The van der Waals surface area contributed by atoms with Gasteiger partial charge in [0.05, 0.1) is 15.4 Å². The van der Waals surface area contributed by atoms with Crippen LogP contribution in [-0.4, -0.2) is 44.9 Å². The molecule has 0 spiro atoms. The van der Waals surface area contributed by atoms with Gasteiger partial charge in [0.15, 0.2) is 6.10 Å². The normalized spacial score (nSPS) is 13.2. The molecule has 1 aliphatic heterocycles. The summed E-state index contributed by atoms with van der Waals surface area (Å²) in [5, 5.41) is 22.2. The number of benzene rings is 3. The summed E-state index contributed by atoms with van der Waals surface area (Å²) in [7, 11) is 0. The molecule has 0 bridgehead atoms. The Kier molecular flexibility index (Phi) is 6.33. The first-order valence-corrected chi connectivity index (χ1v) is 10.4. The van der Waals surface area contributed by atoms with Gasteiger partial charge in [-0.3, -0.25) is 44.3 Å². The van der Waals surface area contributed by atoms with Crippen LogP contribution in [0.3, 0.4) is 0 Å². The quantitative estimate of drug-likeness (QED) is 0.152. The molecule has 1 heterocycles. The Morgan fingerprint density at radius 2 is 1.50 bits per heavy atom. The smallest absolute Gasteiger partial charge is 0.327 e. The summed E-state index contributed by atoms with van der Waals surface area (Å²) in [6.07, 6.45) is -1.54. The molecule has 0 radical (unpaired) electrons. The highest BCUT2D eigenvalue weighted by molar-refractivity contribution is 6.24. The van der Waals surface area contributed by atoms with Gasteiger partial charge in [-0.15, -0.1) is 0 Å². The number of ketones is 1. The predicted octanol–water partition coefficient (Wildman–Crippen LogP) is 3.27. The average Bonchev–Trinajstić information content (AvgIpc) is 3.12. The van der Waals surface area contributed by atoms with E-state index in [1.54, 1.807) is 18.2 Å². The molecule has 0 fully saturated rings. The summed E-state index contributed by atoms with van der Waals surface area (Å²) in [6.45, 7) is -0.908.